The lowest BCUT2D eigenvalue weighted by Crippen LogP contribution is -2.16. The van der Waals surface area contributed by atoms with E-state index in [9.17, 15) is 0 Å². The molecule has 2 aromatic rings. The topological polar surface area (TPSA) is 39.1 Å². The Balaban J connectivity index is 1.65. The minimum absolute atomic E-state index is 0.526. The highest BCUT2D eigenvalue weighted by Crippen LogP contribution is 2.26. The Bertz CT molecular complexity index is 607. The summed E-state index contributed by atoms with van der Waals surface area (Å²) >= 11 is 6.09. The minimum atomic E-state index is 0.526. The fourth-order valence-corrected chi connectivity index (χ4v) is 2.38. The highest BCUT2D eigenvalue weighted by atomic mass is 35.5. The molecular weight excluding hydrogens is 286 g/mol. The molecule has 4 nitrogen and oxygen atoms in total. The number of hydrogen-bond acceptors (Lipinski definition) is 3. The van der Waals surface area contributed by atoms with Gasteiger partial charge < -0.3 is 10.1 Å². The summed E-state index contributed by atoms with van der Waals surface area (Å²) in [4.78, 5) is 0. The maximum Gasteiger partial charge on any atom is 0.124 e. The van der Waals surface area contributed by atoms with Crippen LogP contribution >= 0.6 is 11.6 Å². The van der Waals surface area contributed by atoms with Crippen LogP contribution in [0, 0.1) is 0 Å². The van der Waals surface area contributed by atoms with Gasteiger partial charge in [-0.3, -0.25) is 4.68 Å². The normalized spacial score (nSPS) is 14.4. The van der Waals surface area contributed by atoms with Gasteiger partial charge in [-0.1, -0.05) is 11.6 Å². The van der Waals surface area contributed by atoms with Crippen molar-refractivity contribution < 1.29 is 4.74 Å². The van der Waals surface area contributed by atoms with Gasteiger partial charge in [-0.05, 0) is 38.0 Å². The molecule has 1 saturated carbocycles. The summed E-state index contributed by atoms with van der Waals surface area (Å²) in [5.74, 6) is 0.886. The lowest BCUT2D eigenvalue weighted by atomic mass is 10.2. The Kier molecular flexibility index (Phi) is 4.46. The molecule has 1 aliphatic rings. The van der Waals surface area contributed by atoms with E-state index in [2.05, 4.69) is 17.3 Å². The number of hydrogen-bond donors (Lipinski definition) is 1. The number of nitrogens with one attached hydrogen (secondary N) is 1. The van der Waals surface area contributed by atoms with E-state index in [1.165, 1.54) is 12.8 Å². The average Bonchev–Trinajstić information content (AvgIpc) is 3.21. The third-order valence-electron chi connectivity index (χ3n) is 3.59. The van der Waals surface area contributed by atoms with Crippen LogP contribution in [0.4, 0.5) is 0 Å². The lowest BCUT2D eigenvalue weighted by molar-refractivity contribution is 0.302. The van der Waals surface area contributed by atoms with E-state index in [0.29, 0.717) is 12.6 Å². The van der Waals surface area contributed by atoms with Crippen molar-refractivity contribution in [3.63, 3.8) is 0 Å². The van der Waals surface area contributed by atoms with Crippen LogP contribution < -0.4 is 10.1 Å². The Morgan fingerprint density at radius 1 is 1.43 bits per heavy atom. The van der Waals surface area contributed by atoms with Gasteiger partial charge in [0.1, 0.15) is 12.4 Å². The van der Waals surface area contributed by atoms with Crippen molar-refractivity contribution in [3.05, 3.63) is 46.7 Å². The van der Waals surface area contributed by atoms with Crippen LogP contribution in [0.3, 0.4) is 0 Å². The summed E-state index contributed by atoms with van der Waals surface area (Å²) in [5, 5.41) is 8.50. The van der Waals surface area contributed by atoms with Crippen molar-refractivity contribution in [2.24, 2.45) is 0 Å². The van der Waals surface area contributed by atoms with E-state index in [-0.39, 0.29) is 0 Å². The smallest absolute Gasteiger partial charge is 0.124 e. The molecule has 0 saturated heterocycles. The molecular formula is C16H20ClN3O. The van der Waals surface area contributed by atoms with Gasteiger partial charge in [0, 0.05) is 41.5 Å². The van der Waals surface area contributed by atoms with Gasteiger partial charge >= 0.3 is 0 Å². The monoisotopic (exact) mass is 305 g/mol. The Hall–Kier alpha value is -1.52. The van der Waals surface area contributed by atoms with Crippen molar-refractivity contribution in [3.8, 4) is 5.75 Å². The molecule has 0 amide bonds. The van der Waals surface area contributed by atoms with Crippen LogP contribution in [0.25, 0.3) is 0 Å². The molecule has 0 unspecified atom stereocenters. The molecule has 1 aromatic carbocycles. The molecule has 1 N–H and O–H groups in total. The van der Waals surface area contributed by atoms with Gasteiger partial charge in [-0.15, -0.1) is 0 Å². The first-order chi connectivity index (χ1) is 10.2. The van der Waals surface area contributed by atoms with Crippen molar-refractivity contribution in [2.75, 3.05) is 0 Å². The Morgan fingerprint density at radius 2 is 2.29 bits per heavy atom. The number of benzene rings is 1. The summed E-state index contributed by atoms with van der Waals surface area (Å²) in [6.07, 6.45) is 6.40. The second-order valence-electron chi connectivity index (χ2n) is 5.40. The van der Waals surface area contributed by atoms with Crippen molar-refractivity contribution in [1.82, 2.24) is 15.1 Å². The first-order valence-electron chi connectivity index (χ1n) is 7.40. The van der Waals surface area contributed by atoms with E-state index in [1.807, 2.05) is 35.3 Å². The summed E-state index contributed by atoms with van der Waals surface area (Å²) in [7, 11) is 0. The molecule has 0 spiro atoms. The van der Waals surface area contributed by atoms with Gasteiger partial charge in [0.05, 0.1) is 6.20 Å². The van der Waals surface area contributed by atoms with Crippen LogP contribution in [-0.4, -0.2) is 15.8 Å². The zero-order valence-electron chi connectivity index (χ0n) is 12.2. The fraction of sp³-hybridized carbons (Fsp3) is 0.438. The van der Waals surface area contributed by atoms with Crippen molar-refractivity contribution in [2.45, 2.75) is 45.5 Å². The fourth-order valence-electron chi connectivity index (χ4n) is 2.18. The van der Waals surface area contributed by atoms with Gasteiger partial charge in [-0.2, -0.15) is 5.10 Å². The first kappa shape index (κ1) is 14.4. The van der Waals surface area contributed by atoms with Crippen LogP contribution in [0.1, 0.15) is 30.9 Å². The molecule has 3 rings (SSSR count). The summed E-state index contributed by atoms with van der Waals surface area (Å²) in [5.41, 5.74) is 2.19. The molecule has 0 radical (unpaired) electrons. The molecule has 112 valence electrons. The molecule has 0 bridgehead atoms. The van der Waals surface area contributed by atoms with Crippen molar-refractivity contribution in [1.29, 1.82) is 0 Å². The van der Waals surface area contributed by atoms with Crippen LogP contribution in [0.2, 0.25) is 5.02 Å². The first-order valence-corrected chi connectivity index (χ1v) is 7.78. The summed E-state index contributed by atoms with van der Waals surface area (Å²) < 4.78 is 7.84. The minimum Gasteiger partial charge on any atom is -0.488 e. The maximum atomic E-state index is 6.09. The van der Waals surface area contributed by atoms with E-state index >= 15 is 0 Å². The zero-order chi connectivity index (χ0) is 14.7. The van der Waals surface area contributed by atoms with Crippen LogP contribution in [-0.2, 0) is 19.7 Å². The maximum absolute atomic E-state index is 6.09. The van der Waals surface area contributed by atoms with Crippen molar-refractivity contribution >= 4 is 11.6 Å². The molecule has 1 heterocycles. The summed E-state index contributed by atoms with van der Waals surface area (Å²) in [6.45, 7) is 4.27. The van der Waals surface area contributed by atoms with E-state index in [1.54, 1.807) is 0 Å². The van der Waals surface area contributed by atoms with Gasteiger partial charge in [0.15, 0.2) is 0 Å². The Labute approximate surface area is 130 Å². The van der Waals surface area contributed by atoms with Crippen LogP contribution in [0.15, 0.2) is 30.6 Å². The molecule has 1 aliphatic carbocycles. The molecule has 1 aromatic heterocycles. The average molecular weight is 306 g/mol. The number of halogens is 1. The van der Waals surface area contributed by atoms with Crippen LogP contribution in [0.5, 0.6) is 5.75 Å². The Morgan fingerprint density at radius 3 is 3.00 bits per heavy atom. The molecule has 1 fully saturated rings. The number of rotatable bonds is 7. The third-order valence-corrected chi connectivity index (χ3v) is 3.82. The van der Waals surface area contributed by atoms with E-state index < -0.39 is 0 Å². The number of aromatic nitrogens is 2. The number of ether oxygens (including phenoxy) is 1. The quantitative estimate of drug-likeness (QED) is 0.852. The highest BCUT2D eigenvalue weighted by molar-refractivity contribution is 6.30. The summed E-state index contributed by atoms with van der Waals surface area (Å²) in [6, 6.07) is 6.45. The predicted octanol–water partition coefficient (Wildman–Crippen LogP) is 3.39. The largest absolute Gasteiger partial charge is 0.488 e. The third kappa shape index (κ3) is 3.99. The number of aryl methyl sites for hydroxylation is 1. The molecule has 21 heavy (non-hydrogen) atoms. The predicted molar refractivity (Wildman–Crippen MR) is 83.5 cm³/mol. The second-order valence-corrected chi connectivity index (χ2v) is 5.84. The zero-order valence-corrected chi connectivity index (χ0v) is 12.9. The molecule has 0 aliphatic heterocycles. The van der Waals surface area contributed by atoms with Gasteiger partial charge in [0.25, 0.3) is 0 Å². The highest BCUT2D eigenvalue weighted by Gasteiger charge is 2.20. The lowest BCUT2D eigenvalue weighted by Gasteiger charge is -2.12. The SMILES string of the molecule is CCn1cc(COc2ccc(Cl)cc2CNC2CC2)cn1. The standard InChI is InChI=1S/C16H20ClN3O/c1-2-20-10-12(8-19-20)11-21-16-6-3-14(17)7-13(16)9-18-15-4-5-15/h3,6-8,10,15,18H,2,4-5,9,11H2,1H3. The van der Waals surface area contributed by atoms with E-state index in [4.69, 9.17) is 16.3 Å². The second kappa shape index (κ2) is 6.50. The number of nitrogens with zero attached hydrogens (tertiary/aromatic N) is 2. The molecule has 0 atom stereocenters. The van der Waals surface area contributed by atoms with Gasteiger partial charge in [-0.25, -0.2) is 0 Å². The molecule has 5 heteroatoms. The van der Waals surface area contributed by atoms with E-state index in [0.717, 1.165) is 35.0 Å². The van der Waals surface area contributed by atoms with Gasteiger partial charge in [0.2, 0.25) is 0 Å².